The Hall–Kier alpha value is -2.60. The molecular formula is C19H21N3O3. The number of hydrogen-bond donors (Lipinski definition) is 1. The van der Waals surface area contributed by atoms with Gasteiger partial charge in [-0.05, 0) is 23.8 Å². The van der Waals surface area contributed by atoms with Gasteiger partial charge in [0.05, 0.1) is 25.3 Å². The summed E-state index contributed by atoms with van der Waals surface area (Å²) in [6.07, 6.45) is 2.52. The van der Waals surface area contributed by atoms with Crippen molar-refractivity contribution < 1.29 is 14.3 Å². The predicted octanol–water partition coefficient (Wildman–Crippen LogP) is 1.65. The van der Waals surface area contributed by atoms with E-state index in [9.17, 15) is 4.79 Å². The zero-order valence-corrected chi connectivity index (χ0v) is 14.0. The van der Waals surface area contributed by atoms with Crippen molar-refractivity contribution in [2.45, 2.75) is 12.5 Å². The molecule has 2 aromatic rings. The van der Waals surface area contributed by atoms with E-state index in [1.807, 2.05) is 24.3 Å². The Bertz CT molecular complexity index is 734. The van der Waals surface area contributed by atoms with Crippen LogP contribution >= 0.6 is 0 Å². The van der Waals surface area contributed by atoms with E-state index in [1.54, 1.807) is 12.3 Å². The highest BCUT2D eigenvalue weighted by Gasteiger charge is 2.24. The number of fused-ring (bicyclic) bond motifs is 1. The number of amides is 1. The van der Waals surface area contributed by atoms with Crippen LogP contribution in [0.2, 0.25) is 0 Å². The van der Waals surface area contributed by atoms with E-state index >= 15 is 0 Å². The van der Waals surface area contributed by atoms with Gasteiger partial charge in [-0.25, -0.2) is 4.98 Å². The molecule has 0 spiro atoms. The van der Waals surface area contributed by atoms with Crippen molar-refractivity contribution in [2.75, 3.05) is 37.7 Å². The highest BCUT2D eigenvalue weighted by molar-refractivity contribution is 5.98. The molecular weight excluding hydrogens is 318 g/mol. The highest BCUT2D eigenvalue weighted by atomic mass is 16.5. The molecule has 1 N–H and O–H groups in total. The minimum Gasteiger partial charge on any atom is -0.488 e. The first-order valence-electron chi connectivity index (χ1n) is 8.62. The summed E-state index contributed by atoms with van der Waals surface area (Å²) in [5, 5.41) is 2.99. The van der Waals surface area contributed by atoms with Gasteiger partial charge in [-0.2, -0.15) is 0 Å². The van der Waals surface area contributed by atoms with Gasteiger partial charge in [0, 0.05) is 25.7 Å². The molecule has 0 saturated carbocycles. The Morgan fingerprint density at radius 3 is 2.88 bits per heavy atom. The first-order chi connectivity index (χ1) is 12.3. The second-order valence-electron chi connectivity index (χ2n) is 6.24. The summed E-state index contributed by atoms with van der Waals surface area (Å²) in [5.41, 5.74) is 1.79. The molecule has 0 radical (unpaired) electrons. The monoisotopic (exact) mass is 339 g/mol. The Balaban J connectivity index is 1.40. The van der Waals surface area contributed by atoms with Gasteiger partial charge in [0.25, 0.3) is 5.91 Å². The smallest absolute Gasteiger partial charge is 0.255 e. The van der Waals surface area contributed by atoms with Gasteiger partial charge in [-0.1, -0.05) is 18.2 Å². The number of carbonyl (C=O) groups excluding carboxylic acids is 1. The summed E-state index contributed by atoms with van der Waals surface area (Å²) in [6, 6.07) is 11.6. The maximum atomic E-state index is 12.7. The van der Waals surface area contributed by atoms with Gasteiger partial charge in [-0.3, -0.25) is 4.79 Å². The van der Waals surface area contributed by atoms with Crippen LogP contribution in [-0.4, -0.2) is 49.8 Å². The summed E-state index contributed by atoms with van der Waals surface area (Å²) in [7, 11) is 0. The molecule has 0 bridgehead atoms. The van der Waals surface area contributed by atoms with Crippen LogP contribution < -0.4 is 15.0 Å². The number of para-hydroxylation sites is 1. The Labute approximate surface area is 146 Å². The number of ether oxygens (including phenoxy) is 2. The third kappa shape index (κ3) is 3.44. The van der Waals surface area contributed by atoms with Crippen LogP contribution in [0, 0.1) is 0 Å². The lowest BCUT2D eigenvalue weighted by Gasteiger charge is -2.29. The molecule has 3 heterocycles. The van der Waals surface area contributed by atoms with Crippen molar-refractivity contribution in [1.29, 1.82) is 0 Å². The quantitative estimate of drug-likeness (QED) is 0.918. The van der Waals surface area contributed by atoms with Crippen LogP contribution in [0.1, 0.15) is 15.9 Å². The zero-order valence-electron chi connectivity index (χ0n) is 14.0. The van der Waals surface area contributed by atoms with Crippen molar-refractivity contribution in [3.8, 4) is 5.75 Å². The lowest BCUT2D eigenvalue weighted by Crippen LogP contribution is -2.39. The number of anilines is 1. The summed E-state index contributed by atoms with van der Waals surface area (Å²) >= 11 is 0. The van der Waals surface area contributed by atoms with Crippen molar-refractivity contribution in [3.05, 3.63) is 53.7 Å². The van der Waals surface area contributed by atoms with Crippen molar-refractivity contribution in [1.82, 2.24) is 10.3 Å². The lowest BCUT2D eigenvalue weighted by atomic mass is 10.1. The minimum absolute atomic E-state index is 0.0233. The molecule has 1 atom stereocenters. The number of pyridine rings is 1. The van der Waals surface area contributed by atoms with Gasteiger partial charge >= 0.3 is 0 Å². The molecule has 1 saturated heterocycles. The molecule has 4 rings (SSSR count). The molecule has 1 amide bonds. The molecule has 130 valence electrons. The number of benzene rings is 1. The van der Waals surface area contributed by atoms with Crippen LogP contribution in [-0.2, 0) is 11.2 Å². The van der Waals surface area contributed by atoms with E-state index in [-0.39, 0.29) is 12.0 Å². The fourth-order valence-corrected chi connectivity index (χ4v) is 3.27. The molecule has 1 aromatic carbocycles. The summed E-state index contributed by atoms with van der Waals surface area (Å²) < 4.78 is 11.3. The van der Waals surface area contributed by atoms with E-state index in [0.717, 1.165) is 31.1 Å². The van der Waals surface area contributed by atoms with Crippen LogP contribution in [0.5, 0.6) is 5.75 Å². The average Bonchev–Trinajstić information content (AvgIpc) is 3.10. The number of rotatable bonds is 4. The third-order valence-electron chi connectivity index (χ3n) is 4.55. The molecule has 0 unspecified atom stereocenters. The first kappa shape index (κ1) is 15.9. The molecule has 6 nitrogen and oxygen atoms in total. The molecule has 1 fully saturated rings. The van der Waals surface area contributed by atoms with Crippen LogP contribution in [0.25, 0.3) is 0 Å². The number of hydrogen-bond acceptors (Lipinski definition) is 5. The molecule has 25 heavy (non-hydrogen) atoms. The molecule has 6 heteroatoms. The highest BCUT2D eigenvalue weighted by Crippen LogP contribution is 2.27. The maximum absolute atomic E-state index is 12.7. The van der Waals surface area contributed by atoms with Crippen LogP contribution in [0.15, 0.2) is 42.6 Å². The van der Waals surface area contributed by atoms with Crippen LogP contribution in [0.4, 0.5) is 5.82 Å². The number of carbonyl (C=O) groups is 1. The Kier molecular flexibility index (Phi) is 4.52. The summed E-state index contributed by atoms with van der Waals surface area (Å²) in [5.74, 6) is 1.52. The number of aromatic nitrogens is 1. The van der Waals surface area contributed by atoms with Gasteiger partial charge in [0.1, 0.15) is 17.7 Å². The first-order valence-corrected chi connectivity index (χ1v) is 8.62. The van der Waals surface area contributed by atoms with E-state index in [2.05, 4.69) is 21.3 Å². The standard InChI is InChI=1S/C19H21N3O3/c23-19(21-13-15-12-14-4-1-2-6-17(14)25-15)16-5-3-7-20-18(16)22-8-10-24-11-9-22/h1-7,15H,8-13H2,(H,21,23)/t15-/m1/s1. The van der Waals surface area contributed by atoms with Gasteiger partial charge in [0.15, 0.2) is 0 Å². The third-order valence-corrected chi connectivity index (χ3v) is 4.55. The second-order valence-corrected chi connectivity index (χ2v) is 6.24. The average molecular weight is 339 g/mol. The van der Waals surface area contributed by atoms with Gasteiger partial charge < -0.3 is 19.7 Å². The molecule has 1 aromatic heterocycles. The largest absolute Gasteiger partial charge is 0.488 e. The molecule has 0 aliphatic carbocycles. The number of nitrogens with one attached hydrogen (secondary N) is 1. The summed E-state index contributed by atoms with van der Waals surface area (Å²) in [6.45, 7) is 3.29. The number of morpholine rings is 1. The minimum atomic E-state index is -0.117. The van der Waals surface area contributed by atoms with Crippen LogP contribution in [0.3, 0.4) is 0 Å². The fourth-order valence-electron chi connectivity index (χ4n) is 3.27. The van der Waals surface area contributed by atoms with Gasteiger partial charge in [0.2, 0.25) is 0 Å². The normalized spacial score (nSPS) is 19.2. The van der Waals surface area contributed by atoms with E-state index in [4.69, 9.17) is 9.47 Å². The van der Waals surface area contributed by atoms with Crippen molar-refractivity contribution in [3.63, 3.8) is 0 Å². The lowest BCUT2D eigenvalue weighted by molar-refractivity contribution is 0.0931. The topological polar surface area (TPSA) is 63.7 Å². The number of nitrogens with zero attached hydrogens (tertiary/aromatic N) is 2. The van der Waals surface area contributed by atoms with Crippen molar-refractivity contribution >= 4 is 11.7 Å². The zero-order chi connectivity index (χ0) is 17.1. The SMILES string of the molecule is O=C(NC[C@H]1Cc2ccccc2O1)c1cccnc1N1CCOCC1. The van der Waals surface area contributed by atoms with Crippen molar-refractivity contribution in [2.24, 2.45) is 0 Å². The van der Waals surface area contributed by atoms with E-state index in [0.29, 0.717) is 25.3 Å². The molecule has 2 aliphatic rings. The van der Waals surface area contributed by atoms with E-state index < -0.39 is 0 Å². The molecule has 2 aliphatic heterocycles. The Morgan fingerprint density at radius 1 is 1.20 bits per heavy atom. The Morgan fingerprint density at radius 2 is 2.04 bits per heavy atom. The van der Waals surface area contributed by atoms with E-state index in [1.165, 1.54) is 5.56 Å². The maximum Gasteiger partial charge on any atom is 0.255 e. The van der Waals surface area contributed by atoms with Gasteiger partial charge in [-0.15, -0.1) is 0 Å². The summed E-state index contributed by atoms with van der Waals surface area (Å²) in [4.78, 5) is 19.2. The predicted molar refractivity (Wildman–Crippen MR) is 94.2 cm³/mol. The second kappa shape index (κ2) is 7.11. The fraction of sp³-hybridized carbons (Fsp3) is 0.368.